The largest absolute Gasteiger partial charge is 0.433 e. The molecule has 1 atom stereocenters. The summed E-state index contributed by atoms with van der Waals surface area (Å²) in [6.07, 6.45) is -3.67. The second kappa shape index (κ2) is 4.34. The lowest BCUT2D eigenvalue weighted by molar-refractivity contribution is -0.141. The first-order valence-corrected chi connectivity index (χ1v) is 5.00. The Morgan fingerprint density at radius 1 is 1.60 bits per heavy atom. The van der Waals surface area contributed by atoms with E-state index in [1.54, 1.807) is 6.92 Å². The van der Waals surface area contributed by atoms with E-state index in [1.165, 1.54) is 0 Å². The van der Waals surface area contributed by atoms with Gasteiger partial charge in [0.15, 0.2) is 5.69 Å². The van der Waals surface area contributed by atoms with Gasteiger partial charge >= 0.3 is 6.18 Å². The molecule has 0 spiro atoms. The van der Waals surface area contributed by atoms with E-state index < -0.39 is 17.4 Å². The zero-order chi connectivity index (χ0) is 11.6. The average Bonchev–Trinajstić information content (AvgIpc) is 2.05. The van der Waals surface area contributed by atoms with Gasteiger partial charge in [-0.2, -0.15) is 13.2 Å². The lowest BCUT2D eigenvalue weighted by Gasteiger charge is -2.09. The lowest BCUT2D eigenvalue weighted by atomic mass is 10.4. The Morgan fingerprint density at radius 3 is 2.60 bits per heavy atom. The van der Waals surface area contributed by atoms with Crippen molar-refractivity contribution in [3.05, 3.63) is 28.4 Å². The number of rotatable bonds is 2. The fourth-order valence-corrected chi connectivity index (χ4v) is 1.30. The predicted octanol–water partition coefficient (Wildman–Crippen LogP) is 2.05. The number of nitrogens with zero attached hydrogens (tertiary/aromatic N) is 2. The third-order valence-electron chi connectivity index (χ3n) is 1.62. The van der Waals surface area contributed by atoms with Gasteiger partial charge in [0.05, 0.1) is 6.33 Å². The van der Waals surface area contributed by atoms with Crippen LogP contribution in [-0.4, -0.2) is 14.4 Å². The van der Waals surface area contributed by atoms with Gasteiger partial charge in [0, 0.05) is 17.4 Å². The van der Waals surface area contributed by atoms with Gasteiger partial charge in [-0.1, -0.05) is 22.9 Å². The third kappa shape index (κ3) is 3.33. The summed E-state index contributed by atoms with van der Waals surface area (Å²) < 4.78 is 37.5. The predicted molar refractivity (Wildman–Crippen MR) is 51.9 cm³/mol. The molecule has 1 aromatic rings. The van der Waals surface area contributed by atoms with Crippen LogP contribution in [0.2, 0.25) is 0 Å². The van der Waals surface area contributed by atoms with Gasteiger partial charge in [-0.25, -0.2) is 4.98 Å². The van der Waals surface area contributed by atoms with E-state index in [4.69, 9.17) is 0 Å². The maximum absolute atomic E-state index is 12.1. The Hall–Kier alpha value is -0.850. The third-order valence-corrected chi connectivity index (χ3v) is 1.91. The molecule has 0 aliphatic carbocycles. The van der Waals surface area contributed by atoms with Crippen LogP contribution in [-0.2, 0) is 12.7 Å². The minimum atomic E-state index is -4.57. The Balaban J connectivity index is 3.04. The van der Waals surface area contributed by atoms with Gasteiger partial charge in [0.1, 0.15) is 0 Å². The molecule has 0 saturated carbocycles. The van der Waals surface area contributed by atoms with Crippen LogP contribution in [0.3, 0.4) is 0 Å². The molecule has 0 amide bonds. The topological polar surface area (TPSA) is 34.9 Å². The van der Waals surface area contributed by atoms with Crippen LogP contribution in [0.25, 0.3) is 0 Å². The Bertz CT molecular complexity index is 400. The van der Waals surface area contributed by atoms with Gasteiger partial charge in [0.2, 0.25) is 0 Å². The SMILES string of the molecule is CC(Br)Cn1cnc(C(F)(F)F)cc1=O. The molecule has 1 unspecified atom stereocenters. The van der Waals surface area contributed by atoms with Crippen molar-refractivity contribution in [2.24, 2.45) is 0 Å². The van der Waals surface area contributed by atoms with Crippen molar-refractivity contribution >= 4 is 15.9 Å². The fraction of sp³-hybridized carbons (Fsp3) is 0.500. The van der Waals surface area contributed by atoms with Crippen LogP contribution in [0.4, 0.5) is 13.2 Å². The van der Waals surface area contributed by atoms with Crippen molar-refractivity contribution in [3.8, 4) is 0 Å². The summed E-state index contributed by atoms with van der Waals surface area (Å²) >= 11 is 3.19. The zero-order valence-electron chi connectivity index (χ0n) is 7.75. The number of hydrogen-bond acceptors (Lipinski definition) is 2. The van der Waals surface area contributed by atoms with Gasteiger partial charge in [-0.15, -0.1) is 0 Å². The smallest absolute Gasteiger partial charge is 0.298 e. The highest BCUT2D eigenvalue weighted by Crippen LogP contribution is 2.25. The highest BCUT2D eigenvalue weighted by atomic mass is 79.9. The van der Waals surface area contributed by atoms with E-state index in [-0.39, 0.29) is 11.4 Å². The number of halogens is 4. The molecular weight excluding hydrogens is 277 g/mol. The molecule has 0 aromatic carbocycles. The highest BCUT2D eigenvalue weighted by molar-refractivity contribution is 9.09. The monoisotopic (exact) mass is 284 g/mol. The second-order valence-corrected chi connectivity index (χ2v) is 4.61. The minimum Gasteiger partial charge on any atom is -0.298 e. The zero-order valence-corrected chi connectivity index (χ0v) is 9.34. The molecular formula is C8H8BrF3N2O. The molecule has 0 N–H and O–H groups in total. The molecule has 1 aromatic heterocycles. The van der Waals surface area contributed by atoms with Gasteiger partial charge in [-0.3, -0.25) is 9.36 Å². The van der Waals surface area contributed by atoms with Gasteiger partial charge in [0.25, 0.3) is 5.56 Å². The van der Waals surface area contributed by atoms with Gasteiger partial charge < -0.3 is 0 Å². The molecule has 3 nitrogen and oxygen atoms in total. The molecule has 1 heterocycles. The first-order valence-electron chi connectivity index (χ1n) is 4.08. The number of aromatic nitrogens is 2. The van der Waals surface area contributed by atoms with E-state index in [1.807, 2.05) is 0 Å². The summed E-state index contributed by atoms with van der Waals surface area (Å²) in [5, 5.41) is 0. The lowest BCUT2D eigenvalue weighted by Crippen LogP contribution is -2.25. The highest BCUT2D eigenvalue weighted by Gasteiger charge is 2.32. The summed E-state index contributed by atoms with van der Waals surface area (Å²) in [7, 11) is 0. The van der Waals surface area contributed by atoms with Crippen LogP contribution in [0.1, 0.15) is 12.6 Å². The first kappa shape index (κ1) is 12.2. The summed E-state index contributed by atoms with van der Waals surface area (Å²) in [5.41, 5.74) is -1.87. The molecule has 1 rings (SSSR count). The van der Waals surface area contributed by atoms with E-state index in [0.29, 0.717) is 6.07 Å². The molecule has 0 aliphatic heterocycles. The quantitative estimate of drug-likeness (QED) is 0.779. The molecule has 7 heteroatoms. The summed E-state index contributed by atoms with van der Waals surface area (Å²) in [6.45, 7) is 2.06. The maximum atomic E-state index is 12.1. The fourth-order valence-electron chi connectivity index (χ4n) is 0.989. The average molecular weight is 285 g/mol. The van der Waals surface area contributed by atoms with Crippen molar-refractivity contribution in [1.29, 1.82) is 0 Å². The summed E-state index contributed by atoms with van der Waals surface area (Å²) in [6, 6.07) is 0.495. The maximum Gasteiger partial charge on any atom is 0.433 e. The molecule has 0 radical (unpaired) electrons. The van der Waals surface area contributed by atoms with Crippen LogP contribution in [0.15, 0.2) is 17.2 Å². The van der Waals surface area contributed by atoms with E-state index >= 15 is 0 Å². The normalized spacial score (nSPS) is 13.9. The molecule has 0 saturated heterocycles. The van der Waals surface area contributed by atoms with Crippen LogP contribution >= 0.6 is 15.9 Å². The van der Waals surface area contributed by atoms with Crippen molar-refractivity contribution in [1.82, 2.24) is 9.55 Å². The van der Waals surface area contributed by atoms with Crippen molar-refractivity contribution in [3.63, 3.8) is 0 Å². The van der Waals surface area contributed by atoms with Gasteiger partial charge in [-0.05, 0) is 0 Å². The van der Waals surface area contributed by atoms with Crippen LogP contribution < -0.4 is 5.56 Å². The number of alkyl halides is 4. The Labute approximate surface area is 92.1 Å². The van der Waals surface area contributed by atoms with E-state index in [0.717, 1.165) is 10.9 Å². The minimum absolute atomic E-state index is 0.00580. The van der Waals surface area contributed by atoms with E-state index in [2.05, 4.69) is 20.9 Å². The molecule has 84 valence electrons. The molecule has 15 heavy (non-hydrogen) atoms. The number of hydrogen-bond donors (Lipinski definition) is 0. The molecule has 0 fully saturated rings. The van der Waals surface area contributed by atoms with Crippen LogP contribution in [0.5, 0.6) is 0 Å². The Kier molecular flexibility index (Phi) is 3.54. The van der Waals surface area contributed by atoms with Crippen LogP contribution in [0, 0.1) is 0 Å². The van der Waals surface area contributed by atoms with Crippen molar-refractivity contribution in [2.45, 2.75) is 24.5 Å². The Morgan fingerprint density at radius 2 is 2.20 bits per heavy atom. The molecule has 0 aliphatic rings. The van der Waals surface area contributed by atoms with Crippen molar-refractivity contribution in [2.75, 3.05) is 0 Å². The molecule has 0 bridgehead atoms. The first-order chi connectivity index (χ1) is 6.80. The second-order valence-electron chi connectivity index (χ2n) is 3.04. The summed E-state index contributed by atoms with van der Waals surface area (Å²) in [5.74, 6) is 0. The summed E-state index contributed by atoms with van der Waals surface area (Å²) in [4.78, 5) is 14.4. The van der Waals surface area contributed by atoms with E-state index in [9.17, 15) is 18.0 Å². The van der Waals surface area contributed by atoms with Crippen molar-refractivity contribution < 1.29 is 13.2 Å². The standard InChI is InChI=1S/C8H8BrF3N2O/c1-5(9)3-14-4-13-6(2-7(14)15)8(10,11)12/h2,4-5H,3H2,1H3.